The summed E-state index contributed by atoms with van der Waals surface area (Å²) < 4.78 is 5.18. The van der Waals surface area contributed by atoms with Crippen LogP contribution in [-0.2, 0) is 25.7 Å². The van der Waals surface area contributed by atoms with Crippen molar-refractivity contribution in [3.8, 4) is 6.19 Å². The second-order valence-corrected chi connectivity index (χ2v) is 13.8. The molecule has 2 aromatic rings. The predicted molar refractivity (Wildman–Crippen MR) is 234 cm³/mol. The highest BCUT2D eigenvalue weighted by atomic mass is 16.5. The molecule has 1 aliphatic rings. The monoisotopic (exact) mass is 770 g/mol. The summed E-state index contributed by atoms with van der Waals surface area (Å²) in [7, 11) is 5.57. The van der Waals surface area contributed by atoms with Gasteiger partial charge in [-0.3, -0.25) is 4.90 Å². The zero-order valence-electron chi connectivity index (χ0n) is 37.1. The van der Waals surface area contributed by atoms with Crippen LogP contribution in [0.5, 0.6) is 0 Å². The van der Waals surface area contributed by atoms with Gasteiger partial charge in [-0.2, -0.15) is 5.26 Å². The van der Waals surface area contributed by atoms with Crippen LogP contribution in [0.2, 0.25) is 0 Å². The number of carboxylic acids is 1. The van der Waals surface area contributed by atoms with E-state index in [2.05, 4.69) is 39.9 Å². The lowest BCUT2D eigenvalue weighted by Crippen LogP contribution is -2.30. The Hall–Kier alpha value is -3.54. The number of carbonyl (C=O) groups excluding carboxylic acids is 2. The molecule has 0 bridgehead atoms. The van der Waals surface area contributed by atoms with Crippen LogP contribution < -0.4 is 5.32 Å². The lowest BCUT2D eigenvalue weighted by molar-refractivity contribution is -0.142. The minimum atomic E-state index is -1.03. The standard InChI is InChI=1S/C17H16N2O2.C10H20O.C9H18O.C4H10.C3H8.C2H7N.C2H4O/c1-13-6-5-7-14(10-13)11-19(12-18)16(17(20)21)15-8-3-2-4-9-15;1-11-9-10-7-5-3-2-4-6-8-10;1-3-4-5-6-7-8-9(2)10;1-3-4-2;2*1-3-2;1-2-3/h2-10,16H,11H2,1H3,(H,20,21);10H,2-9H2,1H3;3-8H2,1-2H3;3-4H2,1-2H3;3H2,1-2H3;3H,1-2H3;2H,1H3. The SMILES string of the molecule is CC=O.CCC.CCCC.CCCCCCCC(C)=O.CNC.COCC1CCCCCCC1.Cc1cccc(CN(C#N)C(C(=O)O)c2ccccc2)c1. The van der Waals surface area contributed by atoms with Crippen molar-refractivity contribution < 1.29 is 24.2 Å². The van der Waals surface area contributed by atoms with E-state index in [4.69, 9.17) is 9.53 Å². The summed E-state index contributed by atoms with van der Waals surface area (Å²) in [5, 5.41) is 21.6. The summed E-state index contributed by atoms with van der Waals surface area (Å²) in [5.41, 5.74) is 2.59. The number of nitrogens with zero attached hydrogens (tertiary/aromatic N) is 2. The van der Waals surface area contributed by atoms with Crippen LogP contribution in [0.3, 0.4) is 0 Å². The Morgan fingerprint density at radius 1 is 0.891 bits per heavy atom. The average molecular weight is 770 g/mol. The lowest BCUT2D eigenvalue weighted by Gasteiger charge is -2.24. The van der Waals surface area contributed by atoms with Crippen molar-refractivity contribution in [3.05, 3.63) is 71.3 Å². The zero-order valence-corrected chi connectivity index (χ0v) is 37.1. The van der Waals surface area contributed by atoms with Crippen LogP contribution in [0, 0.1) is 24.3 Å². The van der Waals surface area contributed by atoms with Crippen molar-refractivity contribution >= 4 is 18.0 Å². The smallest absolute Gasteiger partial charge is 0.331 e. The Balaban J connectivity index is -0.000000324. The summed E-state index contributed by atoms with van der Waals surface area (Å²) >= 11 is 0. The number of nitriles is 1. The molecule has 0 aromatic heterocycles. The Labute approximate surface area is 338 Å². The van der Waals surface area contributed by atoms with Crippen molar-refractivity contribution in [3.63, 3.8) is 0 Å². The van der Waals surface area contributed by atoms with Gasteiger partial charge >= 0.3 is 5.97 Å². The first-order valence-corrected chi connectivity index (χ1v) is 20.9. The van der Waals surface area contributed by atoms with Gasteiger partial charge in [0.15, 0.2) is 12.2 Å². The van der Waals surface area contributed by atoms with Gasteiger partial charge in [0.05, 0.1) is 6.54 Å². The molecule has 1 aliphatic carbocycles. The molecule has 316 valence electrons. The molecule has 8 heteroatoms. The van der Waals surface area contributed by atoms with Crippen LogP contribution in [-0.4, -0.2) is 55.9 Å². The van der Waals surface area contributed by atoms with Crippen LogP contribution in [0.4, 0.5) is 0 Å². The van der Waals surface area contributed by atoms with Crippen LogP contribution in [0.1, 0.15) is 174 Å². The number of hydrogen-bond donors (Lipinski definition) is 2. The predicted octanol–water partition coefficient (Wildman–Crippen LogP) is 12.3. The van der Waals surface area contributed by atoms with E-state index in [1.54, 1.807) is 31.2 Å². The third-order valence-electron chi connectivity index (χ3n) is 7.98. The van der Waals surface area contributed by atoms with Gasteiger partial charge in [-0.1, -0.05) is 172 Å². The number of aliphatic carboxylic acids is 1. The minimum absolute atomic E-state index is 0.268. The van der Waals surface area contributed by atoms with E-state index in [0.29, 0.717) is 11.3 Å². The van der Waals surface area contributed by atoms with Gasteiger partial charge in [-0.25, -0.2) is 4.79 Å². The second kappa shape index (κ2) is 46.6. The van der Waals surface area contributed by atoms with E-state index >= 15 is 0 Å². The Morgan fingerprint density at radius 2 is 1.40 bits per heavy atom. The molecule has 3 rings (SSSR count). The van der Waals surface area contributed by atoms with Gasteiger partial charge in [0.2, 0.25) is 0 Å². The van der Waals surface area contributed by atoms with Crippen molar-refractivity contribution in [2.45, 2.75) is 171 Å². The number of aryl methyl sites for hydroxylation is 1. The Morgan fingerprint density at radius 3 is 1.82 bits per heavy atom. The Bertz CT molecular complexity index is 1140. The number of hydrogen-bond acceptors (Lipinski definition) is 7. The molecule has 8 nitrogen and oxygen atoms in total. The first kappa shape index (κ1) is 58.2. The summed E-state index contributed by atoms with van der Waals surface area (Å²) in [6.45, 7) is 17.1. The summed E-state index contributed by atoms with van der Waals surface area (Å²) in [5.74, 6) is 0.159. The van der Waals surface area contributed by atoms with E-state index in [1.807, 2.05) is 64.7 Å². The fourth-order valence-corrected chi connectivity index (χ4v) is 5.20. The van der Waals surface area contributed by atoms with Crippen LogP contribution in [0.25, 0.3) is 0 Å². The van der Waals surface area contributed by atoms with Gasteiger partial charge in [0.1, 0.15) is 12.1 Å². The second-order valence-electron chi connectivity index (χ2n) is 13.8. The highest BCUT2D eigenvalue weighted by molar-refractivity contribution is 5.76. The average Bonchev–Trinajstić information content (AvgIpc) is 3.14. The zero-order chi connectivity index (χ0) is 42.5. The molecule has 0 heterocycles. The molecule has 0 spiro atoms. The maximum absolute atomic E-state index is 11.6. The summed E-state index contributed by atoms with van der Waals surface area (Å²) in [6.07, 6.45) is 23.6. The van der Waals surface area contributed by atoms with Gasteiger partial charge in [0, 0.05) is 20.1 Å². The highest BCUT2D eigenvalue weighted by Crippen LogP contribution is 2.23. The largest absolute Gasteiger partial charge is 0.479 e. The van der Waals surface area contributed by atoms with Crippen molar-refractivity contribution in [1.29, 1.82) is 5.26 Å². The van der Waals surface area contributed by atoms with Gasteiger partial charge in [-0.15, -0.1) is 0 Å². The van der Waals surface area contributed by atoms with E-state index in [0.717, 1.165) is 42.8 Å². The maximum atomic E-state index is 11.6. The summed E-state index contributed by atoms with van der Waals surface area (Å²) in [4.78, 5) is 32.1. The Kier molecular flexibility index (Phi) is 49.3. The number of benzene rings is 2. The number of nitrogens with one attached hydrogen (secondary N) is 1. The number of ether oxygens (including phenoxy) is 1. The molecule has 2 aromatic carbocycles. The molecule has 1 unspecified atom stereocenters. The third kappa shape index (κ3) is 41.5. The molecule has 0 aliphatic heterocycles. The number of carbonyl (C=O) groups is 3. The van der Waals surface area contributed by atoms with E-state index < -0.39 is 12.0 Å². The number of rotatable bonds is 14. The van der Waals surface area contributed by atoms with Crippen molar-refractivity contribution in [1.82, 2.24) is 10.2 Å². The fourth-order valence-electron chi connectivity index (χ4n) is 5.20. The van der Waals surface area contributed by atoms with E-state index in [-0.39, 0.29) is 6.54 Å². The number of carboxylic acid groups (broad SMARTS) is 1. The molecule has 0 amide bonds. The molecular formula is C47H83N3O5. The first-order valence-electron chi connectivity index (χ1n) is 20.9. The molecule has 1 atom stereocenters. The maximum Gasteiger partial charge on any atom is 0.331 e. The fraction of sp³-hybridized carbons (Fsp3) is 0.660. The van der Waals surface area contributed by atoms with Crippen LogP contribution >= 0.6 is 0 Å². The van der Waals surface area contributed by atoms with E-state index in [9.17, 15) is 20.0 Å². The van der Waals surface area contributed by atoms with Crippen molar-refractivity contribution in [2.75, 3.05) is 27.8 Å². The minimum Gasteiger partial charge on any atom is -0.479 e. The number of unbranched alkanes of at least 4 members (excludes halogenated alkanes) is 5. The molecule has 0 radical (unpaired) electrons. The first-order chi connectivity index (χ1) is 26.5. The molecule has 1 fully saturated rings. The van der Waals surface area contributed by atoms with Gasteiger partial charge in [0.25, 0.3) is 0 Å². The topological polar surface area (TPSA) is 120 Å². The molecule has 0 saturated heterocycles. The van der Waals surface area contributed by atoms with Gasteiger partial charge in [-0.05, 0) is 71.2 Å². The lowest BCUT2D eigenvalue weighted by atomic mass is 9.92. The summed E-state index contributed by atoms with van der Waals surface area (Å²) in [6, 6.07) is 15.5. The number of Topliss-reactive ketones (excluding diaryl/α,β-unsaturated/α-hetero) is 1. The van der Waals surface area contributed by atoms with Gasteiger partial charge < -0.3 is 24.7 Å². The molecule has 1 saturated carbocycles. The third-order valence-corrected chi connectivity index (χ3v) is 7.98. The van der Waals surface area contributed by atoms with E-state index in [1.165, 1.54) is 102 Å². The number of methoxy groups -OCH3 is 1. The van der Waals surface area contributed by atoms with Crippen molar-refractivity contribution in [2.24, 2.45) is 5.92 Å². The molecule has 2 N–H and O–H groups in total. The number of ketones is 1. The highest BCUT2D eigenvalue weighted by Gasteiger charge is 2.26. The molecular weight excluding hydrogens is 687 g/mol. The normalized spacial score (nSPS) is 12.1. The quantitative estimate of drug-likeness (QED) is 0.0843. The number of aldehydes is 1. The molecule has 55 heavy (non-hydrogen) atoms. The van der Waals surface area contributed by atoms with Crippen LogP contribution in [0.15, 0.2) is 54.6 Å².